The largest absolute Gasteiger partial charge is 0.383 e. The molecule has 3 aliphatic rings. The third-order valence-electron chi connectivity index (χ3n) is 6.68. The van der Waals surface area contributed by atoms with Crippen LogP contribution in [-0.2, 0) is 14.8 Å². The summed E-state index contributed by atoms with van der Waals surface area (Å²) in [4.78, 5) is 14.7. The van der Waals surface area contributed by atoms with Crippen LogP contribution >= 0.6 is 0 Å². The summed E-state index contributed by atoms with van der Waals surface area (Å²) in [5.41, 5.74) is 0.321. The van der Waals surface area contributed by atoms with Crippen molar-refractivity contribution in [2.24, 2.45) is 0 Å². The molecule has 3 heterocycles. The van der Waals surface area contributed by atoms with Crippen LogP contribution in [0, 0.1) is 0 Å². The Labute approximate surface area is 184 Å². The van der Waals surface area contributed by atoms with E-state index in [0.29, 0.717) is 37.5 Å². The maximum absolute atomic E-state index is 13.0. The van der Waals surface area contributed by atoms with E-state index in [1.807, 2.05) is 7.05 Å². The van der Waals surface area contributed by atoms with Gasteiger partial charge in [0.05, 0.1) is 12.4 Å². The van der Waals surface area contributed by atoms with E-state index in [9.17, 15) is 13.2 Å². The zero-order valence-corrected chi connectivity index (χ0v) is 19.3. The SMILES string of the molecule is COCCN(C)CCCS(=O)(=O)N1[C@@H]2CC[C@H]1C[C@@H](NC(=O)c1cc(C3CC3)on1)C2. The van der Waals surface area contributed by atoms with Crippen molar-refractivity contribution in [2.45, 2.75) is 69.0 Å². The van der Waals surface area contributed by atoms with Gasteiger partial charge in [-0.25, -0.2) is 8.42 Å². The van der Waals surface area contributed by atoms with E-state index in [2.05, 4.69) is 15.4 Å². The number of sulfonamides is 1. The summed E-state index contributed by atoms with van der Waals surface area (Å²) in [6.45, 7) is 2.16. The van der Waals surface area contributed by atoms with Crippen molar-refractivity contribution >= 4 is 15.9 Å². The molecule has 2 saturated heterocycles. The van der Waals surface area contributed by atoms with E-state index >= 15 is 0 Å². The minimum absolute atomic E-state index is 0.0281. The maximum Gasteiger partial charge on any atom is 0.273 e. The average molecular weight is 455 g/mol. The molecule has 174 valence electrons. The summed E-state index contributed by atoms with van der Waals surface area (Å²) >= 11 is 0. The summed E-state index contributed by atoms with van der Waals surface area (Å²) in [7, 11) is 0.339. The molecule has 1 amide bonds. The van der Waals surface area contributed by atoms with Gasteiger partial charge < -0.3 is 19.5 Å². The first kappa shape index (κ1) is 22.7. The van der Waals surface area contributed by atoms with Gasteiger partial charge in [-0.3, -0.25) is 4.79 Å². The number of likely N-dealkylation sites (N-methyl/N-ethyl adjacent to an activating group) is 1. The number of fused-ring (bicyclic) bond motifs is 2. The summed E-state index contributed by atoms with van der Waals surface area (Å²) in [6, 6.07) is 1.65. The number of piperidine rings is 1. The highest BCUT2D eigenvalue weighted by Crippen LogP contribution is 2.40. The molecule has 2 bridgehead atoms. The Hall–Kier alpha value is -1.49. The van der Waals surface area contributed by atoms with Crippen molar-refractivity contribution in [1.29, 1.82) is 0 Å². The lowest BCUT2D eigenvalue weighted by Gasteiger charge is -2.38. The van der Waals surface area contributed by atoms with Crippen LogP contribution in [0.4, 0.5) is 0 Å². The number of nitrogens with zero attached hydrogens (tertiary/aromatic N) is 3. The third kappa shape index (κ3) is 5.47. The van der Waals surface area contributed by atoms with Gasteiger partial charge in [0, 0.05) is 43.8 Å². The minimum atomic E-state index is -3.30. The van der Waals surface area contributed by atoms with Gasteiger partial charge in [-0.05, 0) is 58.5 Å². The highest BCUT2D eigenvalue weighted by Gasteiger charge is 2.46. The van der Waals surface area contributed by atoms with E-state index in [1.54, 1.807) is 17.5 Å². The zero-order valence-electron chi connectivity index (χ0n) is 18.5. The predicted molar refractivity (Wildman–Crippen MR) is 115 cm³/mol. The second kappa shape index (κ2) is 9.56. The van der Waals surface area contributed by atoms with Gasteiger partial charge in [-0.1, -0.05) is 5.16 Å². The number of ether oxygens (including phenoxy) is 1. The van der Waals surface area contributed by atoms with E-state index in [0.717, 1.165) is 44.5 Å². The highest BCUT2D eigenvalue weighted by molar-refractivity contribution is 7.89. The molecule has 4 rings (SSSR count). The Bertz CT molecular complexity index is 855. The number of methoxy groups -OCH3 is 1. The quantitative estimate of drug-likeness (QED) is 0.541. The van der Waals surface area contributed by atoms with E-state index in [4.69, 9.17) is 9.26 Å². The number of carbonyl (C=O) groups excluding carboxylic acids is 1. The van der Waals surface area contributed by atoms with Crippen molar-refractivity contribution < 1.29 is 22.5 Å². The van der Waals surface area contributed by atoms with Gasteiger partial charge in [0.15, 0.2) is 5.69 Å². The number of nitrogens with one attached hydrogen (secondary N) is 1. The minimum Gasteiger partial charge on any atom is -0.383 e. The van der Waals surface area contributed by atoms with Crippen molar-refractivity contribution in [3.05, 3.63) is 17.5 Å². The van der Waals surface area contributed by atoms with Crippen LogP contribution in [0.15, 0.2) is 10.6 Å². The van der Waals surface area contributed by atoms with Gasteiger partial charge in [-0.15, -0.1) is 0 Å². The summed E-state index contributed by atoms with van der Waals surface area (Å²) < 4.78 is 38.2. The molecule has 0 aromatic carbocycles. The Balaban J connectivity index is 1.28. The smallest absolute Gasteiger partial charge is 0.273 e. The predicted octanol–water partition coefficient (Wildman–Crippen LogP) is 1.58. The summed E-state index contributed by atoms with van der Waals surface area (Å²) in [5, 5.41) is 6.97. The molecule has 31 heavy (non-hydrogen) atoms. The average Bonchev–Trinajstić information content (AvgIpc) is 3.38. The van der Waals surface area contributed by atoms with Gasteiger partial charge in [0.2, 0.25) is 10.0 Å². The van der Waals surface area contributed by atoms with E-state index in [-0.39, 0.29) is 29.8 Å². The van der Waals surface area contributed by atoms with Crippen LogP contribution < -0.4 is 5.32 Å². The number of carbonyl (C=O) groups is 1. The molecule has 9 nitrogen and oxygen atoms in total. The van der Waals surface area contributed by atoms with Gasteiger partial charge in [-0.2, -0.15) is 4.31 Å². The molecule has 3 fully saturated rings. The highest BCUT2D eigenvalue weighted by atomic mass is 32.2. The molecule has 0 unspecified atom stereocenters. The molecule has 3 atom stereocenters. The fraction of sp³-hybridized carbons (Fsp3) is 0.810. The number of hydrogen-bond donors (Lipinski definition) is 1. The Morgan fingerprint density at radius 3 is 2.61 bits per heavy atom. The Kier molecular flexibility index (Phi) is 7.00. The lowest BCUT2D eigenvalue weighted by Crippen LogP contribution is -2.53. The second-order valence-corrected chi connectivity index (χ2v) is 11.2. The summed E-state index contributed by atoms with van der Waals surface area (Å²) in [6.07, 6.45) is 5.82. The molecule has 2 aliphatic heterocycles. The monoisotopic (exact) mass is 454 g/mol. The molecule has 1 aromatic rings. The molecule has 1 N–H and O–H groups in total. The van der Waals surface area contributed by atoms with Gasteiger partial charge >= 0.3 is 0 Å². The van der Waals surface area contributed by atoms with Crippen LogP contribution in [-0.4, -0.2) is 86.4 Å². The summed E-state index contributed by atoms with van der Waals surface area (Å²) in [5.74, 6) is 1.14. The van der Waals surface area contributed by atoms with E-state index in [1.165, 1.54) is 0 Å². The van der Waals surface area contributed by atoms with Gasteiger partial charge in [0.25, 0.3) is 5.91 Å². The molecule has 0 radical (unpaired) electrons. The van der Waals surface area contributed by atoms with Crippen molar-refractivity contribution in [1.82, 2.24) is 19.7 Å². The lowest BCUT2D eigenvalue weighted by molar-refractivity contribution is 0.0900. The van der Waals surface area contributed by atoms with E-state index < -0.39 is 10.0 Å². The van der Waals surface area contributed by atoms with Crippen molar-refractivity contribution in [2.75, 3.05) is 39.6 Å². The third-order valence-corrected chi connectivity index (χ3v) is 8.73. The molecule has 0 spiro atoms. The molecular formula is C21H34N4O5S. The molecule has 10 heteroatoms. The fourth-order valence-electron chi connectivity index (χ4n) is 4.90. The van der Waals surface area contributed by atoms with Crippen molar-refractivity contribution in [3.8, 4) is 0 Å². The molecule has 1 aliphatic carbocycles. The Morgan fingerprint density at radius 1 is 1.26 bits per heavy atom. The first-order valence-corrected chi connectivity index (χ1v) is 12.9. The number of amides is 1. The Morgan fingerprint density at radius 2 is 1.97 bits per heavy atom. The lowest BCUT2D eigenvalue weighted by atomic mass is 9.99. The van der Waals surface area contributed by atoms with Crippen LogP contribution in [0.3, 0.4) is 0 Å². The van der Waals surface area contributed by atoms with Crippen LogP contribution in [0.5, 0.6) is 0 Å². The first-order chi connectivity index (χ1) is 14.9. The van der Waals surface area contributed by atoms with Crippen molar-refractivity contribution in [3.63, 3.8) is 0 Å². The number of aromatic nitrogens is 1. The number of rotatable bonds is 11. The fourth-order valence-corrected chi connectivity index (χ4v) is 6.90. The molecule has 1 aromatic heterocycles. The molecule has 1 saturated carbocycles. The zero-order chi connectivity index (χ0) is 22.0. The normalized spacial score (nSPS) is 26.5. The van der Waals surface area contributed by atoms with Crippen LogP contribution in [0.1, 0.15) is 67.1 Å². The molecular weight excluding hydrogens is 420 g/mol. The standard InChI is InChI=1S/C21H34N4O5S/c1-24(9-10-29-2)8-3-11-31(27,28)25-17-6-7-18(25)13-16(12-17)22-21(26)19-14-20(30-23-19)15-4-5-15/h14-18H,3-13H2,1-2H3,(H,22,26)/t16-,17+,18-. The van der Waals surface area contributed by atoms with Crippen LogP contribution in [0.25, 0.3) is 0 Å². The topological polar surface area (TPSA) is 105 Å². The number of hydrogen-bond acceptors (Lipinski definition) is 7. The maximum atomic E-state index is 13.0. The van der Waals surface area contributed by atoms with Crippen LogP contribution in [0.2, 0.25) is 0 Å². The first-order valence-electron chi connectivity index (χ1n) is 11.3. The van der Waals surface area contributed by atoms with Gasteiger partial charge in [0.1, 0.15) is 5.76 Å². The second-order valence-electron chi connectivity index (χ2n) is 9.21.